The van der Waals surface area contributed by atoms with E-state index in [2.05, 4.69) is 0 Å². The van der Waals surface area contributed by atoms with Crippen molar-refractivity contribution in [1.29, 1.82) is 0 Å². The highest BCUT2D eigenvalue weighted by Crippen LogP contribution is 2.18. The molecular weight excluding hydrogens is 232 g/mol. The third-order valence-electron chi connectivity index (χ3n) is 2.78. The van der Waals surface area contributed by atoms with Gasteiger partial charge in [-0.1, -0.05) is 12.1 Å². The predicted octanol–water partition coefficient (Wildman–Crippen LogP) is 2.37. The van der Waals surface area contributed by atoms with E-state index in [1.165, 1.54) is 0 Å². The second-order valence-electron chi connectivity index (χ2n) is 4.08. The molecule has 4 heteroatoms. The highest BCUT2D eigenvalue weighted by Gasteiger charge is 2.17. The van der Waals surface area contributed by atoms with Crippen LogP contribution in [0.5, 0.6) is 5.75 Å². The van der Waals surface area contributed by atoms with Crippen molar-refractivity contribution in [2.75, 3.05) is 20.3 Å². The van der Waals surface area contributed by atoms with E-state index in [4.69, 9.17) is 9.47 Å². The summed E-state index contributed by atoms with van der Waals surface area (Å²) < 4.78 is 10.3. The van der Waals surface area contributed by atoms with Gasteiger partial charge in [0.15, 0.2) is 0 Å². The van der Waals surface area contributed by atoms with Gasteiger partial charge < -0.3 is 14.6 Å². The second kappa shape index (κ2) is 7.71. The lowest BCUT2D eigenvalue weighted by atomic mass is 9.96. The fourth-order valence-corrected chi connectivity index (χ4v) is 1.77. The van der Waals surface area contributed by atoms with E-state index in [-0.39, 0.29) is 0 Å². The van der Waals surface area contributed by atoms with Crippen LogP contribution in [0, 0.1) is 5.92 Å². The van der Waals surface area contributed by atoms with Crippen LogP contribution in [0.4, 0.5) is 0 Å². The molecule has 0 saturated carbocycles. The number of carboxylic acids is 1. The Morgan fingerprint density at radius 2 is 2.22 bits per heavy atom. The maximum Gasteiger partial charge on any atom is 0.306 e. The molecule has 1 aromatic carbocycles. The number of hydrogen-bond donors (Lipinski definition) is 1. The van der Waals surface area contributed by atoms with Crippen LogP contribution in [0.1, 0.15) is 18.9 Å². The minimum absolute atomic E-state index is 0.413. The first-order chi connectivity index (χ1) is 8.67. The lowest BCUT2D eigenvalue weighted by molar-refractivity contribution is -0.142. The molecule has 0 aliphatic carbocycles. The molecule has 4 nitrogen and oxygen atoms in total. The summed E-state index contributed by atoms with van der Waals surface area (Å²) in [7, 11) is 1.60. The fraction of sp³-hybridized carbons (Fsp3) is 0.500. The molecule has 0 spiro atoms. The van der Waals surface area contributed by atoms with E-state index in [1.54, 1.807) is 7.11 Å². The van der Waals surface area contributed by atoms with Gasteiger partial charge >= 0.3 is 5.97 Å². The van der Waals surface area contributed by atoms with Crippen molar-refractivity contribution in [3.05, 3.63) is 29.8 Å². The molecule has 0 bridgehead atoms. The van der Waals surface area contributed by atoms with Crippen molar-refractivity contribution in [2.24, 2.45) is 5.92 Å². The maximum absolute atomic E-state index is 11.2. The molecule has 0 aromatic heterocycles. The Bertz CT molecular complexity index is 376. The number of methoxy groups -OCH3 is 1. The van der Waals surface area contributed by atoms with Crippen molar-refractivity contribution < 1.29 is 19.4 Å². The van der Waals surface area contributed by atoms with Crippen molar-refractivity contribution in [2.45, 2.75) is 19.8 Å². The molecule has 0 fully saturated rings. The van der Waals surface area contributed by atoms with Gasteiger partial charge in [-0.05, 0) is 37.5 Å². The normalized spacial score (nSPS) is 12.1. The molecule has 0 aliphatic rings. The fourth-order valence-electron chi connectivity index (χ4n) is 1.77. The molecular formula is C14H20O4. The van der Waals surface area contributed by atoms with Gasteiger partial charge in [-0.15, -0.1) is 0 Å². The molecule has 0 amide bonds. The minimum Gasteiger partial charge on any atom is -0.497 e. The highest BCUT2D eigenvalue weighted by molar-refractivity contribution is 5.70. The summed E-state index contributed by atoms with van der Waals surface area (Å²) in [6, 6.07) is 7.50. The first-order valence-corrected chi connectivity index (χ1v) is 6.10. The number of rotatable bonds is 8. The summed E-state index contributed by atoms with van der Waals surface area (Å²) in [4.78, 5) is 11.2. The standard InChI is InChI=1S/C14H20O4/c1-3-18-8-7-12(14(15)16)9-11-5-4-6-13(10-11)17-2/h4-6,10,12H,3,7-9H2,1-2H3,(H,15,16). The van der Waals surface area contributed by atoms with Crippen LogP contribution in [0.2, 0.25) is 0 Å². The molecule has 0 aliphatic heterocycles. The van der Waals surface area contributed by atoms with Crippen LogP contribution in [0.3, 0.4) is 0 Å². The summed E-state index contributed by atoms with van der Waals surface area (Å²) >= 11 is 0. The lowest BCUT2D eigenvalue weighted by Gasteiger charge is -2.12. The number of aliphatic carboxylic acids is 1. The Morgan fingerprint density at radius 1 is 1.44 bits per heavy atom. The number of carboxylic acid groups (broad SMARTS) is 1. The van der Waals surface area contributed by atoms with Crippen molar-refractivity contribution in [3.63, 3.8) is 0 Å². The van der Waals surface area contributed by atoms with Crippen LogP contribution >= 0.6 is 0 Å². The summed E-state index contributed by atoms with van der Waals surface area (Å²) in [6.45, 7) is 3.00. The Kier molecular flexibility index (Phi) is 6.22. The molecule has 1 aromatic rings. The van der Waals surface area contributed by atoms with Gasteiger partial charge in [0.05, 0.1) is 13.0 Å². The monoisotopic (exact) mass is 252 g/mol. The highest BCUT2D eigenvalue weighted by atomic mass is 16.5. The largest absolute Gasteiger partial charge is 0.497 e. The van der Waals surface area contributed by atoms with E-state index in [0.717, 1.165) is 11.3 Å². The summed E-state index contributed by atoms with van der Waals surface area (Å²) in [6.07, 6.45) is 1.03. The van der Waals surface area contributed by atoms with Gasteiger partial charge in [-0.25, -0.2) is 0 Å². The van der Waals surface area contributed by atoms with E-state index in [0.29, 0.717) is 26.1 Å². The number of benzene rings is 1. The van der Waals surface area contributed by atoms with E-state index < -0.39 is 11.9 Å². The number of hydrogen-bond acceptors (Lipinski definition) is 3. The van der Waals surface area contributed by atoms with E-state index in [9.17, 15) is 9.90 Å². The van der Waals surface area contributed by atoms with Gasteiger partial charge in [0.2, 0.25) is 0 Å². The third kappa shape index (κ3) is 4.75. The van der Waals surface area contributed by atoms with Gasteiger partial charge in [0.1, 0.15) is 5.75 Å². The lowest BCUT2D eigenvalue weighted by Crippen LogP contribution is -2.18. The Balaban J connectivity index is 2.61. The summed E-state index contributed by atoms with van der Waals surface area (Å²) in [5.41, 5.74) is 0.971. The molecule has 0 heterocycles. The van der Waals surface area contributed by atoms with Crippen LogP contribution in [0.25, 0.3) is 0 Å². The minimum atomic E-state index is -0.780. The molecule has 100 valence electrons. The van der Waals surface area contributed by atoms with Gasteiger partial charge in [-0.2, -0.15) is 0 Å². The topological polar surface area (TPSA) is 55.8 Å². The SMILES string of the molecule is CCOCCC(Cc1cccc(OC)c1)C(=O)O. The van der Waals surface area contributed by atoms with Crippen LogP contribution in [-0.4, -0.2) is 31.4 Å². The quantitative estimate of drug-likeness (QED) is 0.722. The second-order valence-corrected chi connectivity index (χ2v) is 4.08. The molecule has 1 unspecified atom stereocenters. The molecule has 18 heavy (non-hydrogen) atoms. The number of ether oxygens (including phenoxy) is 2. The Labute approximate surface area is 108 Å². The van der Waals surface area contributed by atoms with Gasteiger partial charge in [0, 0.05) is 13.2 Å². The first kappa shape index (κ1) is 14.5. The molecule has 0 saturated heterocycles. The van der Waals surface area contributed by atoms with E-state index >= 15 is 0 Å². The predicted molar refractivity (Wildman–Crippen MR) is 68.9 cm³/mol. The Morgan fingerprint density at radius 3 is 2.83 bits per heavy atom. The summed E-state index contributed by atoms with van der Waals surface area (Å²) in [5.74, 6) is -0.442. The van der Waals surface area contributed by atoms with Crippen LogP contribution < -0.4 is 4.74 Å². The number of carbonyl (C=O) groups is 1. The van der Waals surface area contributed by atoms with Crippen LogP contribution in [0.15, 0.2) is 24.3 Å². The first-order valence-electron chi connectivity index (χ1n) is 6.10. The zero-order valence-corrected chi connectivity index (χ0v) is 10.9. The molecule has 1 rings (SSSR count). The average molecular weight is 252 g/mol. The smallest absolute Gasteiger partial charge is 0.306 e. The Hall–Kier alpha value is -1.55. The van der Waals surface area contributed by atoms with Gasteiger partial charge in [-0.3, -0.25) is 4.79 Å². The molecule has 1 N–H and O–H groups in total. The molecule has 0 radical (unpaired) electrons. The molecule has 1 atom stereocenters. The van der Waals surface area contributed by atoms with Gasteiger partial charge in [0.25, 0.3) is 0 Å². The maximum atomic E-state index is 11.2. The van der Waals surface area contributed by atoms with Crippen molar-refractivity contribution in [1.82, 2.24) is 0 Å². The zero-order chi connectivity index (χ0) is 13.4. The van der Waals surface area contributed by atoms with Crippen LogP contribution in [-0.2, 0) is 16.0 Å². The summed E-state index contributed by atoms with van der Waals surface area (Å²) in [5, 5.41) is 9.17. The zero-order valence-electron chi connectivity index (χ0n) is 10.9. The van der Waals surface area contributed by atoms with Crippen molar-refractivity contribution in [3.8, 4) is 5.75 Å². The third-order valence-corrected chi connectivity index (χ3v) is 2.78. The average Bonchev–Trinajstić information content (AvgIpc) is 2.38. The van der Waals surface area contributed by atoms with Crippen molar-refractivity contribution >= 4 is 5.97 Å². The van der Waals surface area contributed by atoms with E-state index in [1.807, 2.05) is 31.2 Å².